The van der Waals surface area contributed by atoms with Gasteiger partial charge in [0.25, 0.3) is 0 Å². The molecule has 0 unspecified atom stereocenters. The molecule has 1 aliphatic heterocycles. The third kappa shape index (κ3) is 3.57. The zero-order valence-corrected chi connectivity index (χ0v) is 20.9. The zero-order chi connectivity index (χ0) is 25.8. The lowest BCUT2D eigenvalue weighted by Gasteiger charge is -2.20. The second-order valence-corrected chi connectivity index (χ2v) is 9.66. The quantitative estimate of drug-likeness (QED) is 0.241. The highest BCUT2D eigenvalue weighted by molar-refractivity contribution is 6.10. The molecule has 184 valence electrons. The molecule has 2 aromatic heterocycles. The number of hydrogen-bond donors (Lipinski definition) is 0. The van der Waals surface area contributed by atoms with E-state index in [-0.39, 0.29) is 0 Å². The number of nitrogens with zero attached hydrogens (tertiary/aromatic N) is 2. The fourth-order valence-corrected chi connectivity index (χ4v) is 5.45. The number of pyridine rings is 1. The smallest absolute Gasteiger partial charge is 0.172 e. The first kappa shape index (κ1) is 21.7. The summed E-state index contributed by atoms with van der Waals surface area (Å²) in [6.45, 7) is 0. The fourth-order valence-electron chi connectivity index (χ4n) is 5.45. The van der Waals surface area contributed by atoms with Crippen LogP contribution in [0.5, 0.6) is 23.0 Å². The molecule has 4 heteroatoms. The maximum absolute atomic E-state index is 6.25. The van der Waals surface area contributed by atoms with Crippen LogP contribution in [-0.4, -0.2) is 9.55 Å². The van der Waals surface area contributed by atoms with Gasteiger partial charge in [-0.1, -0.05) is 72.8 Å². The molecule has 0 atom stereocenters. The SMILES string of the molecule is c1ccc(-c2cc(-c3ccc(-n4c5ccccc5c5cc6c(cc54)Oc4ccccc4O6)cc3)ccn2)cc1. The first-order chi connectivity index (χ1) is 19.3. The summed E-state index contributed by atoms with van der Waals surface area (Å²) >= 11 is 0. The highest BCUT2D eigenvalue weighted by Crippen LogP contribution is 2.48. The monoisotopic (exact) mass is 502 g/mol. The van der Waals surface area contributed by atoms with E-state index in [1.54, 1.807) is 0 Å². The van der Waals surface area contributed by atoms with Crippen LogP contribution >= 0.6 is 0 Å². The molecule has 0 spiro atoms. The molecule has 0 aliphatic carbocycles. The van der Waals surface area contributed by atoms with Crippen molar-refractivity contribution in [1.29, 1.82) is 0 Å². The van der Waals surface area contributed by atoms with Crippen molar-refractivity contribution in [2.24, 2.45) is 0 Å². The topological polar surface area (TPSA) is 36.3 Å². The lowest BCUT2D eigenvalue weighted by molar-refractivity contribution is 0.360. The Bertz CT molecular complexity index is 2010. The van der Waals surface area contributed by atoms with Crippen LogP contribution in [0.1, 0.15) is 0 Å². The van der Waals surface area contributed by atoms with Crippen molar-refractivity contribution >= 4 is 21.8 Å². The van der Waals surface area contributed by atoms with Gasteiger partial charge < -0.3 is 14.0 Å². The predicted molar refractivity (Wildman–Crippen MR) is 156 cm³/mol. The van der Waals surface area contributed by atoms with Gasteiger partial charge in [-0.25, -0.2) is 0 Å². The third-order valence-electron chi connectivity index (χ3n) is 7.32. The maximum atomic E-state index is 6.25. The molecule has 5 aromatic carbocycles. The summed E-state index contributed by atoms with van der Waals surface area (Å²) in [5, 5.41) is 2.29. The molecule has 39 heavy (non-hydrogen) atoms. The maximum Gasteiger partial charge on any atom is 0.172 e. The third-order valence-corrected chi connectivity index (χ3v) is 7.32. The number of rotatable bonds is 3. The van der Waals surface area contributed by atoms with E-state index < -0.39 is 0 Å². The summed E-state index contributed by atoms with van der Waals surface area (Å²) in [5.74, 6) is 2.90. The molecule has 0 saturated carbocycles. The lowest BCUT2D eigenvalue weighted by atomic mass is 10.0. The number of benzene rings is 5. The van der Waals surface area contributed by atoms with Gasteiger partial charge in [0.1, 0.15) is 0 Å². The first-order valence-corrected chi connectivity index (χ1v) is 13.0. The predicted octanol–water partition coefficient (Wildman–Crippen LogP) is 9.41. The van der Waals surface area contributed by atoms with Gasteiger partial charge in [-0.2, -0.15) is 0 Å². The van der Waals surface area contributed by atoms with Crippen LogP contribution in [0.2, 0.25) is 0 Å². The molecular formula is C35H22N2O2. The van der Waals surface area contributed by atoms with Crippen molar-refractivity contribution in [1.82, 2.24) is 9.55 Å². The van der Waals surface area contributed by atoms with Crippen LogP contribution in [-0.2, 0) is 0 Å². The molecule has 7 aromatic rings. The van der Waals surface area contributed by atoms with Crippen LogP contribution in [0.25, 0.3) is 49.9 Å². The van der Waals surface area contributed by atoms with Crippen LogP contribution in [0, 0.1) is 0 Å². The van der Waals surface area contributed by atoms with Gasteiger partial charge in [-0.3, -0.25) is 4.98 Å². The Morgan fingerprint density at radius 3 is 1.95 bits per heavy atom. The van der Waals surface area contributed by atoms with E-state index in [0.717, 1.165) is 61.7 Å². The summed E-state index contributed by atoms with van der Waals surface area (Å²) < 4.78 is 14.8. The van der Waals surface area contributed by atoms with E-state index in [9.17, 15) is 0 Å². The van der Waals surface area contributed by atoms with E-state index in [2.05, 4.69) is 94.5 Å². The van der Waals surface area contributed by atoms with Gasteiger partial charge in [0, 0.05) is 34.3 Å². The largest absolute Gasteiger partial charge is 0.449 e. The number of aromatic nitrogens is 2. The number of ether oxygens (including phenoxy) is 2. The minimum Gasteiger partial charge on any atom is -0.449 e. The van der Waals surface area contributed by atoms with E-state index in [0.29, 0.717) is 5.75 Å². The average molecular weight is 503 g/mol. The van der Waals surface area contributed by atoms with Gasteiger partial charge >= 0.3 is 0 Å². The molecule has 4 nitrogen and oxygen atoms in total. The Hall–Kier alpha value is -5.35. The Morgan fingerprint density at radius 2 is 1.15 bits per heavy atom. The van der Waals surface area contributed by atoms with Crippen LogP contribution in [0.15, 0.2) is 134 Å². The highest BCUT2D eigenvalue weighted by Gasteiger charge is 2.22. The Labute approximate surface area is 225 Å². The molecule has 8 rings (SSSR count). The van der Waals surface area contributed by atoms with Gasteiger partial charge in [0.05, 0.1) is 16.7 Å². The molecular weight excluding hydrogens is 480 g/mol. The number of para-hydroxylation sites is 3. The van der Waals surface area contributed by atoms with Crippen LogP contribution < -0.4 is 9.47 Å². The summed E-state index contributed by atoms with van der Waals surface area (Å²) in [7, 11) is 0. The van der Waals surface area contributed by atoms with Crippen molar-refractivity contribution < 1.29 is 9.47 Å². The van der Waals surface area contributed by atoms with Gasteiger partial charge in [0.2, 0.25) is 0 Å². The molecule has 0 amide bonds. The van der Waals surface area contributed by atoms with E-state index >= 15 is 0 Å². The summed E-state index contributed by atoms with van der Waals surface area (Å²) in [6, 6.07) is 43.6. The Morgan fingerprint density at radius 1 is 0.462 bits per heavy atom. The van der Waals surface area contributed by atoms with Crippen molar-refractivity contribution in [3.05, 3.63) is 134 Å². The van der Waals surface area contributed by atoms with Gasteiger partial charge in [-0.05, 0) is 59.7 Å². The summed E-state index contributed by atoms with van der Waals surface area (Å²) in [4.78, 5) is 4.58. The second-order valence-electron chi connectivity index (χ2n) is 9.66. The molecule has 3 heterocycles. The normalized spacial score (nSPS) is 12.0. The number of fused-ring (bicyclic) bond motifs is 5. The molecule has 1 aliphatic rings. The average Bonchev–Trinajstić information content (AvgIpc) is 3.32. The van der Waals surface area contributed by atoms with Crippen molar-refractivity contribution in [3.8, 4) is 51.1 Å². The molecule has 0 saturated heterocycles. The van der Waals surface area contributed by atoms with Gasteiger partial charge in [-0.15, -0.1) is 0 Å². The summed E-state index contributed by atoms with van der Waals surface area (Å²) in [5.41, 5.74) is 7.64. The van der Waals surface area contributed by atoms with Crippen molar-refractivity contribution in [2.75, 3.05) is 0 Å². The zero-order valence-electron chi connectivity index (χ0n) is 20.9. The lowest BCUT2D eigenvalue weighted by Crippen LogP contribution is -1.99. The van der Waals surface area contributed by atoms with Crippen LogP contribution in [0.4, 0.5) is 0 Å². The van der Waals surface area contributed by atoms with Gasteiger partial charge in [0.15, 0.2) is 23.0 Å². The minimum absolute atomic E-state index is 0.715. The standard InChI is InChI=1S/C35H22N2O2/c1-2-8-24(9-3-1)29-20-25(18-19-36-29)23-14-16-26(17-15-23)37-30-11-5-4-10-27(30)28-21-34-35(22-31(28)37)39-33-13-7-6-12-32(33)38-34/h1-22H. The van der Waals surface area contributed by atoms with E-state index in [4.69, 9.17) is 9.47 Å². The Balaban J connectivity index is 1.24. The molecule has 0 bridgehead atoms. The van der Waals surface area contributed by atoms with Crippen LogP contribution in [0.3, 0.4) is 0 Å². The Kier molecular flexibility index (Phi) is 4.79. The van der Waals surface area contributed by atoms with E-state index in [1.165, 1.54) is 5.39 Å². The molecule has 0 fully saturated rings. The highest BCUT2D eigenvalue weighted by atomic mass is 16.6. The first-order valence-electron chi connectivity index (χ1n) is 13.0. The second kappa shape index (κ2) is 8.61. The van der Waals surface area contributed by atoms with Crippen molar-refractivity contribution in [3.63, 3.8) is 0 Å². The van der Waals surface area contributed by atoms with Crippen molar-refractivity contribution in [2.45, 2.75) is 0 Å². The molecule has 0 N–H and O–H groups in total. The summed E-state index contributed by atoms with van der Waals surface area (Å²) in [6.07, 6.45) is 1.88. The molecule has 0 radical (unpaired) electrons. The minimum atomic E-state index is 0.715. The number of hydrogen-bond acceptors (Lipinski definition) is 3. The van der Waals surface area contributed by atoms with E-state index in [1.807, 2.05) is 48.7 Å². The fraction of sp³-hybridized carbons (Fsp3) is 0.